The van der Waals surface area contributed by atoms with Crippen molar-refractivity contribution in [1.29, 1.82) is 0 Å². The number of ether oxygens (including phenoxy) is 3. The highest BCUT2D eigenvalue weighted by Gasteiger charge is 2.21. The summed E-state index contributed by atoms with van der Waals surface area (Å²) in [5, 5.41) is 3.37. The van der Waals surface area contributed by atoms with E-state index in [9.17, 15) is 0 Å². The minimum Gasteiger partial charge on any atom is -0.493 e. The predicted molar refractivity (Wildman–Crippen MR) is 130 cm³/mol. The molecule has 1 aliphatic rings. The molecule has 6 nitrogen and oxygen atoms in total. The molecule has 0 saturated heterocycles. The molecule has 0 heterocycles. The maximum Gasteiger partial charge on any atom is 0.193 e. The van der Waals surface area contributed by atoms with Crippen LogP contribution < -0.4 is 14.8 Å². The van der Waals surface area contributed by atoms with Crippen LogP contribution in [0.3, 0.4) is 0 Å². The number of methoxy groups -OCH3 is 1. The fourth-order valence-electron chi connectivity index (χ4n) is 2.92. The number of halogens is 1. The van der Waals surface area contributed by atoms with Crippen molar-refractivity contribution in [2.24, 2.45) is 10.9 Å². The molecule has 1 aromatic rings. The zero-order valence-corrected chi connectivity index (χ0v) is 20.7. The molecule has 0 aromatic heterocycles. The number of hydrogen-bond donors (Lipinski definition) is 1. The Morgan fingerprint density at radius 2 is 2.03 bits per heavy atom. The first-order valence-corrected chi connectivity index (χ1v) is 10.5. The molecule has 1 aromatic carbocycles. The van der Waals surface area contributed by atoms with Crippen LogP contribution in [0.2, 0.25) is 0 Å². The number of rotatable bonds is 13. The van der Waals surface area contributed by atoms with Gasteiger partial charge in [0.2, 0.25) is 0 Å². The first kappa shape index (κ1) is 25.8. The van der Waals surface area contributed by atoms with Crippen LogP contribution in [0.25, 0.3) is 0 Å². The van der Waals surface area contributed by atoms with Gasteiger partial charge >= 0.3 is 0 Å². The highest BCUT2D eigenvalue weighted by Crippen LogP contribution is 2.29. The molecule has 0 radical (unpaired) electrons. The molecule has 1 N–H and O–H groups in total. The number of nitrogens with one attached hydrogen (secondary N) is 1. The number of guanidine groups is 1. The molecule has 0 aliphatic heterocycles. The Balaban J connectivity index is 0.00000420. The van der Waals surface area contributed by atoms with Crippen LogP contribution in [0.4, 0.5) is 0 Å². The molecule has 1 saturated carbocycles. The van der Waals surface area contributed by atoms with Crippen LogP contribution >= 0.6 is 24.0 Å². The number of aryl methyl sites for hydroxylation is 1. The fourth-order valence-corrected chi connectivity index (χ4v) is 2.92. The molecule has 0 amide bonds. The smallest absolute Gasteiger partial charge is 0.193 e. The molecule has 2 rings (SSSR count). The van der Waals surface area contributed by atoms with Crippen molar-refractivity contribution in [1.82, 2.24) is 10.2 Å². The summed E-state index contributed by atoms with van der Waals surface area (Å²) in [6.45, 7) is 8.88. The van der Waals surface area contributed by atoms with Gasteiger partial charge in [0.15, 0.2) is 17.5 Å². The first-order chi connectivity index (χ1) is 13.7. The Hall–Kier alpha value is -1.22. The quantitative estimate of drug-likeness (QED) is 0.185. The second-order valence-electron chi connectivity index (χ2n) is 7.20. The number of hydrogen-bond acceptors (Lipinski definition) is 4. The Bertz CT molecular complexity index is 609. The van der Waals surface area contributed by atoms with Gasteiger partial charge in [-0.15, -0.1) is 24.0 Å². The lowest BCUT2D eigenvalue weighted by molar-refractivity contribution is 0.115. The SMILES string of the molecule is CCNC(=NCCCc1ccc(OC)c(OCC)c1)N(C)CCOCC1CC1.I. The average molecular weight is 519 g/mol. The maximum atomic E-state index is 5.74. The standard InChI is InChI=1S/C22H37N3O3.HI/c1-5-23-22(25(3)14-15-27-17-19-9-10-19)24-13-7-8-18-11-12-20(26-4)21(16-18)28-6-2;/h11-12,16,19H,5-10,13-15,17H2,1-4H3,(H,23,24);1H. The molecule has 0 unspecified atom stereocenters. The van der Waals surface area contributed by atoms with Gasteiger partial charge < -0.3 is 24.4 Å². The van der Waals surface area contributed by atoms with Crippen LogP contribution in [0.15, 0.2) is 23.2 Å². The molecule has 166 valence electrons. The van der Waals surface area contributed by atoms with Gasteiger partial charge in [-0.2, -0.15) is 0 Å². The molecular weight excluding hydrogens is 481 g/mol. The Labute approximate surface area is 193 Å². The monoisotopic (exact) mass is 519 g/mol. The van der Waals surface area contributed by atoms with Gasteiger partial charge in [0, 0.05) is 33.3 Å². The minimum atomic E-state index is 0. The summed E-state index contributed by atoms with van der Waals surface area (Å²) in [4.78, 5) is 6.92. The topological polar surface area (TPSA) is 55.3 Å². The van der Waals surface area contributed by atoms with Crippen molar-refractivity contribution < 1.29 is 14.2 Å². The average Bonchev–Trinajstić information content (AvgIpc) is 3.52. The summed E-state index contributed by atoms with van der Waals surface area (Å²) in [5.74, 6) is 3.35. The molecule has 0 bridgehead atoms. The van der Waals surface area contributed by atoms with Gasteiger partial charge in [0.1, 0.15) is 0 Å². The predicted octanol–water partition coefficient (Wildman–Crippen LogP) is 3.97. The third-order valence-corrected chi connectivity index (χ3v) is 4.73. The lowest BCUT2D eigenvalue weighted by Crippen LogP contribution is -2.40. The Morgan fingerprint density at radius 3 is 2.69 bits per heavy atom. The molecular formula is C22H38IN3O3. The molecule has 1 fully saturated rings. The largest absolute Gasteiger partial charge is 0.493 e. The molecule has 0 spiro atoms. The van der Waals surface area contributed by atoms with Crippen molar-refractivity contribution in [2.45, 2.75) is 39.5 Å². The van der Waals surface area contributed by atoms with Crippen LogP contribution in [-0.2, 0) is 11.2 Å². The van der Waals surface area contributed by atoms with Crippen LogP contribution in [0, 0.1) is 5.92 Å². The van der Waals surface area contributed by atoms with E-state index in [4.69, 9.17) is 19.2 Å². The summed E-state index contributed by atoms with van der Waals surface area (Å²) in [6.07, 6.45) is 4.61. The van der Waals surface area contributed by atoms with E-state index in [1.165, 1.54) is 18.4 Å². The second-order valence-corrected chi connectivity index (χ2v) is 7.20. The lowest BCUT2D eigenvalue weighted by Gasteiger charge is -2.22. The van der Waals surface area contributed by atoms with Crippen LogP contribution in [0.1, 0.15) is 38.7 Å². The maximum absolute atomic E-state index is 5.74. The molecule has 7 heteroatoms. The first-order valence-electron chi connectivity index (χ1n) is 10.5. The lowest BCUT2D eigenvalue weighted by atomic mass is 10.1. The van der Waals surface area contributed by atoms with Gasteiger partial charge in [-0.25, -0.2) is 0 Å². The van der Waals surface area contributed by atoms with E-state index in [1.54, 1.807) is 7.11 Å². The summed E-state index contributed by atoms with van der Waals surface area (Å²) in [7, 11) is 3.74. The molecule has 29 heavy (non-hydrogen) atoms. The zero-order chi connectivity index (χ0) is 20.2. The van der Waals surface area contributed by atoms with Crippen LogP contribution in [0.5, 0.6) is 11.5 Å². The van der Waals surface area contributed by atoms with Crippen LogP contribution in [-0.4, -0.2) is 64.5 Å². The van der Waals surface area contributed by atoms with E-state index in [1.807, 2.05) is 13.0 Å². The summed E-state index contributed by atoms with van der Waals surface area (Å²) in [5.41, 5.74) is 1.24. The van der Waals surface area contributed by atoms with Crippen molar-refractivity contribution in [3.63, 3.8) is 0 Å². The van der Waals surface area contributed by atoms with Gasteiger partial charge in [-0.1, -0.05) is 6.07 Å². The van der Waals surface area contributed by atoms with Crippen molar-refractivity contribution >= 4 is 29.9 Å². The summed E-state index contributed by atoms with van der Waals surface area (Å²) >= 11 is 0. The van der Waals surface area contributed by atoms with E-state index in [0.717, 1.165) is 69.1 Å². The number of likely N-dealkylation sites (N-methyl/N-ethyl adjacent to an activating group) is 1. The third-order valence-electron chi connectivity index (χ3n) is 4.73. The van der Waals surface area contributed by atoms with E-state index in [2.05, 4.69) is 36.3 Å². The van der Waals surface area contributed by atoms with Gasteiger partial charge in [0.05, 0.1) is 20.3 Å². The third kappa shape index (κ3) is 9.89. The number of nitrogens with zero attached hydrogens (tertiary/aromatic N) is 2. The molecule has 0 atom stereocenters. The van der Waals surface area contributed by atoms with Crippen molar-refractivity contribution in [3.05, 3.63) is 23.8 Å². The summed E-state index contributed by atoms with van der Waals surface area (Å²) < 4.78 is 16.8. The van der Waals surface area contributed by atoms with Gasteiger partial charge in [0.25, 0.3) is 0 Å². The second kappa shape index (κ2) is 14.7. The van der Waals surface area contributed by atoms with Gasteiger partial charge in [-0.3, -0.25) is 4.99 Å². The van der Waals surface area contributed by atoms with E-state index >= 15 is 0 Å². The number of benzene rings is 1. The zero-order valence-electron chi connectivity index (χ0n) is 18.4. The van der Waals surface area contributed by atoms with Crippen molar-refractivity contribution in [2.75, 3.05) is 53.6 Å². The highest BCUT2D eigenvalue weighted by atomic mass is 127. The minimum absolute atomic E-state index is 0. The Morgan fingerprint density at radius 1 is 1.24 bits per heavy atom. The summed E-state index contributed by atoms with van der Waals surface area (Å²) in [6, 6.07) is 6.14. The fraction of sp³-hybridized carbons (Fsp3) is 0.682. The molecule has 1 aliphatic carbocycles. The normalized spacial score (nSPS) is 13.6. The van der Waals surface area contributed by atoms with E-state index < -0.39 is 0 Å². The Kier molecular flexibility index (Phi) is 13.1. The van der Waals surface area contributed by atoms with Crippen molar-refractivity contribution in [3.8, 4) is 11.5 Å². The number of aliphatic imine (C=N–C) groups is 1. The highest BCUT2D eigenvalue weighted by molar-refractivity contribution is 14.0. The van der Waals surface area contributed by atoms with Gasteiger partial charge in [-0.05, 0) is 63.1 Å². The van der Waals surface area contributed by atoms with E-state index in [-0.39, 0.29) is 24.0 Å². The van der Waals surface area contributed by atoms with E-state index in [0.29, 0.717) is 6.61 Å².